The third-order valence-corrected chi connectivity index (χ3v) is 18.4. The van der Waals surface area contributed by atoms with E-state index < -0.39 is 26.5 Å². The van der Waals surface area contributed by atoms with Crippen LogP contribution in [0.15, 0.2) is 122 Å². The molecule has 0 aromatic carbocycles. The summed E-state index contributed by atoms with van der Waals surface area (Å²) in [4.78, 5) is 38.2. The quantitative estimate of drug-likeness (QED) is 0.0195. The summed E-state index contributed by atoms with van der Waals surface area (Å²) in [5.41, 5.74) is 0. The van der Waals surface area contributed by atoms with Crippen molar-refractivity contribution in [3.63, 3.8) is 0 Å². The second-order valence-corrected chi connectivity index (χ2v) is 29.4. The van der Waals surface area contributed by atoms with Crippen LogP contribution in [0.25, 0.3) is 0 Å². The van der Waals surface area contributed by atoms with E-state index in [-0.39, 0.29) is 32.0 Å². The minimum atomic E-state index is -4.65. The molecular weight excluding hydrogens is 1210 g/mol. The number of nitrogens with zero attached hydrogens (tertiary/aromatic N) is 1. The van der Waals surface area contributed by atoms with Crippen molar-refractivity contribution in [1.82, 2.24) is 0 Å². The van der Waals surface area contributed by atoms with Gasteiger partial charge in [-0.05, 0) is 103 Å². The molecule has 554 valence electrons. The molecule has 0 radical (unpaired) electrons. The zero-order valence-electron chi connectivity index (χ0n) is 63.3. The molecule has 0 fully saturated rings. The van der Waals surface area contributed by atoms with Crippen molar-refractivity contribution in [1.29, 1.82) is 0 Å². The molecule has 0 saturated carbocycles. The Hall–Kier alpha value is -3.59. The molecule has 0 rings (SSSR count). The number of carbonyl (C=O) groups excluding carboxylic acids is 2. The summed E-state index contributed by atoms with van der Waals surface area (Å²) >= 11 is 0. The number of phosphoric ester groups is 1. The van der Waals surface area contributed by atoms with Crippen LogP contribution in [0.3, 0.4) is 0 Å². The van der Waals surface area contributed by atoms with Crippen LogP contribution < -0.4 is 4.89 Å². The predicted octanol–water partition coefficient (Wildman–Crippen LogP) is 26.3. The Bertz CT molecular complexity index is 2040. The highest BCUT2D eigenvalue weighted by atomic mass is 31.2. The number of rotatable bonds is 74. The van der Waals surface area contributed by atoms with E-state index in [1.807, 2.05) is 21.1 Å². The normalized spacial score (nSPS) is 13.7. The number of hydrogen-bond donors (Lipinski definition) is 0. The number of allylic oxidation sites excluding steroid dienone is 20. The maximum absolute atomic E-state index is 12.9. The Balaban J connectivity index is 3.93. The molecule has 0 amide bonds. The average molecular weight is 1360 g/mol. The molecule has 9 nitrogen and oxygen atoms in total. The van der Waals surface area contributed by atoms with Crippen molar-refractivity contribution >= 4 is 19.8 Å². The van der Waals surface area contributed by atoms with Crippen LogP contribution in [0.1, 0.15) is 361 Å². The van der Waals surface area contributed by atoms with Crippen LogP contribution in [0, 0.1) is 0 Å². The molecule has 0 N–H and O–H groups in total. The highest BCUT2D eigenvalue weighted by Gasteiger charge is 2.22. The largest absolute Gasteiger partial charge is 0.756 e. The van der Waals surface area contributed by atoms with Gasteiger partial charge in [-0.1, -0.05) is 367 Å². The lowest BCUT2D eigenvalue weighted by Gasteiger charge is -2.28. The predicted molar refractivity (Wildman–Crippen MR) is 415 cm³/mol. The van der Waals surface area contributed by atoms with Crippen molar-refractivity contribution in [2.45, 2.75) is 367 Å². The molecule has 0 aliphatic rings. The number of hydrogen-bond acceptors (Lipinski definition) is 8. The molecule has 0 aliphatic heterocycles. The third kappa shape index (κ3) is 79.4. The maximum atomic E-state index is 12.9. The summed E-state index contributed by atoms with van der Waals surface area (Å²) in [6.45, 7) is 4.05. The van der Waals surface area contributed by atoms with Crippen molar-refractivity contribution in [3.8, 4) is 0 Å². The standard InChI is InChI=1S/C86H152NO8P/c1-6-8-10-12-14-16-18-20-22-24-26-28-30-32-34-36-38-40-41-42-43-44-45-47-48-50-52-54-56-58-60-62-64-66-68-70-72-74-76-78-85(88)92-82-84(83-94-96(90,91)93-81-80-87(3,4)5)95-86(89)79-77-75-73-71-69-67-65-63-61-59-57-55-53-51-49-46-39-37-35-33-31-29-27-25-23-21-19-17-15-13-11-9-7-2/h8-11,14-17,20-23,26-29,33,35,39,46,84H,6-7,12-13,18-19,24-25,30-32,34,36-38,40-45,47-83H2,1-5H3/b10-8-,11-9-,16-14-,17-15-,22-20-,23-21-,28-26-,29-27-,35-33-,46-39-. The van der Waals surface area contributed by atoms with Gasteiger partial charge in [0.1, 0.15) is 19.8 Å². The molecule has 0 heterocycles. The zero-order valence-corrected chi connectivity index (χ0v) is 64.2. The molecule has 96 heavy (non-hydrogen) atoms. The summed E-state index contributed by atoms with van der Waals surface area (Å²) in [6.07, 6.45) is 109. The van der Waals surface area contributed by atoms with Gasteiger partial charge in [0.15, 0.2) is 6.10 Å². The monoisotopic (exact) mass is 1360 g/mol. The molecule has 0 aromatic heterocycles. The number of quaternary nitrogens is 1. The fraction of sp³-hybridized carbons (Fsp3) is 0.744. The summed E-state index contributed by atoms with van der Waals surface area (Å²) < 4.78 is 34.4. The lowest BCUT2D eigenvalue weighted by Crippen LogP contribution is -2.37. The molecule has 2 atom stereocenters. The molecule has 0 bridgehead atoms. The van der Waals surface area contributed by atoms with Gasteiger partial charge in [0.2, 0.25) is 0 Å². The molecule has 0 aliphatic carbocycles. The molecule has 0 spiro atoms. The van der Waals surface area contributed by atoms with Crippen LogP contribution in [0.5, 0.6) is 0 Å². The minimum Gasteiger partial charge on any atom is -0.756 e. The average Bonchev–Trinajstić information content (AvgIpc) is 1.48. The van der Waals surface area contributed by atoms with E-state index in [2.05, 4.69) is 135 Å². The summed E-state index contributed by atoms with van der Waals surface area (Å²) in [6, 6.07) is 0. The van der Waals surface area contributed by atoms with E-state index in [0.717, 1.165) is 103 Å². The second kappa shape index (κ2) is 75.6. The Labute approximate surface area is 594 Å². The van der Waals surface area contributed by atoms with Gasteiger partial charge in [-0.2, -0.15) is 0 Å². The van der Waals surface area contributed by atoms with Crippen LogP contribution in [0.4, 0.5) is 0 Å². The first-order chi connectivity index (χ1) is 47.0. The van der Waals surface area contributed by atoms with E-state index in [1.54, 1.807) is 0 Å². The minimum absolute atomic E-state index is 0.0327. The van der Waals surface area contributed by atoms with Crippen molar-refractivity contribution in [2.24, 2.45) is 0 Å². The number of likely N-dealkylation sites (N-methyl/N-ethyl adjacent to an activating group) is 1. The van der Waals surface area contributed by atoms with E-state index in [9.17, 15) is 19.0 Å². The zero-order chi connectivity index (χ0) is 69.7. The van der Waals surface area contributed by atoms with Gasteiger partial charge in [0.05, 0.1) is 27.7 Å². The fourth-order valence-corrected chi connectivity index (χ4v) is 12.2. The first-order valence-electron chi connectivity index (χ1n) is 40.2. The van der Waals surface area contributed by atoms with E-state index in [0.29, 0.717) is 17.4 Å². The summed E-state index contributed by atoms with van der Waals surface area (Å²) in [7, 11) is 1.17. The molecular formula is C86H152NO8P. The number of phosphoric acid groups is 1. The Kier molecular flexibility index (Phi) is 72.8. The molecule has 0 aromatic rings. The first-order valence-corrected chi connectivity index (χ1v) is 41.7. The highest BCUT2D eigenvalue weighted by molar-refractivity contribution is 7.45. The van der Waals surface area contributed by atoms with Gasteiger partial charge in [0, 0.05) is 12.8 Å². The van der Waals surface area contributed by atoms with Crippen LogP contribution in [-0.2, 0) is 32.7 Å². The number of carbonyl (C=O) groups is 2. The maximum Gasteiger partial charge on any atom is 0.306 e. The number of unbranched alkanes of at least 4 members (excludes halogenated alkanes) is 40. The lowest BCUT2D eigenvalue weighted by atomic mass is 10.0. The summed E-state index contributed by atoms with van der Waals surface area (Å²) in [5.74, 6) is -0.821. The fourth-order valence-electron chi connectivity index (χ4n) is 11.4. The smallest absolute Gasteiger partial charge is 0.306 e. The van der Waals surface area contributed by atoms with Crippen molar-refractivity contribution in [3.05, 3.63) is 122 Å². The van der Waals surface area contributed by atoms with Gasteiger partial charge in [-0.15, -0.1) is 0 Å². The van der Waals surface area contributed by atoms with E-state index >= 15 is 0 Å². The van der Waals surface area contributed by atoms with Gasteiger partial charge < -0.3 is 27.9 Å². The van der Waals surface area contributed by atoms with Gasteiger partial charge in [-0.3, -0.25) is 14.2 Å². The van der Waals surface area contributed by atoms with Crippen LogP contribution in [0.2, 0.25) is 0 Å². The summed E-state index contributed by atoms with van der Waals surface area (Å²) in [5, 5.41) is 0. The van der Waals surface area contributed by atoms with Crippen LogP contribution >= 0.6 is 7.82 Å². The lowest BCUT2D eigenvalue weighted by molar-refractivity contribution is -0.870. The number of esters is 2. The van der Waals surface area contributed by atoms with Crippen molar-refractivity contribution in [2.75, 3.05) is 47.5 Å². The Morgan fingerprint density at radius 3 is 0.833 bits per heavy atom. The molecule has 2 unspecified atom stereocenters. The van der Waals surface area contributed by atoms with Gasteiger partial charge in [-0.25, -0.2) is 0 Å². The first kappa shape index (κ1) is 92.4. The molecule has 0 saturated heterocycles. The number of ether oxygens (including phenoxy) is 2. The molecule has 10 heteroatoms. The highest BCUT2D eigenvalue weighted by Crippen LogP contribution is 2.38. The van der Waals surface area contributed by atoms with Crippen LogP contribution in [-0.4, -0.2) is 70.0 Å². The Morgan fingerprint density at radius 1 is 0.323 bits per heavy atom. The van der Waals surface area contributed by atoms with E-state index in [4.69, 9.17) is 18.5 Å². The second-order valence-electron chi connectivity index (χ2n) is 28.0. The Morgan fingerprint density at radius 2 is 0.562 bits per heavy atom. The van der Waals surface area contributed by atoms with Gasteiger partial charge in [0.25, 0.3) is 7.82 Å². The third-order valence-electron chi connectivity index (χ3n) is 17.5. The topological polar surface area (TPSA) is 111 Å². The van der Waals surface area contributed by atoms with E-state index in [1.165, 1.54) is 225 Å². The van der Waals surface area contributed by atoms with Gasteiger partial charge >= 0.3 is 11.9 Å². The SMILES string of the molecule is CC/C=C\C/C=C\C/C=C\C/C=C\C/C=C\C/C=C\CCCCCCCCCCCCCCCCC(=O)OC(COC(=O)CCCCCCCCCCCCCCCCCCCCCCCCCCCC/C=C\C/C=C\C/C=C\C/C=C\CC)COP(=O)([O-])OCC[N+](C)(C)C. The van der Waals surface area contributed by atoms with Crippen molar-refractivity contribution < 1.29 is 42.1 Å².